The largest absolute Gasteiger partial charge is 0.490 e. The number of nitrogens with one attached hydrogen (secondary N) is 1. The molecule has 7 heteroatoms. The number of aliphatic imine (C=N–C) groups is 1. The van der Waals surface area contributed by atoms with Crippen molar-refractivity contribution in [2.75, 3.05) is 31.7 Å². The van der Waals surface area contributed by atoms with E-state index in [1.807, 2.05) is 18.2 Å². The minimum Gasteiger partial charge on any atom is -0.490 e. The fourth-order valence-electron chi connectivity index (χ4n) is 3.17. The maximum atomic E-state index is 5.96. The van der Waals surface area contributed by atoms with Gasteiger partial charge in [-0.3, -0.25) is 4.99 Å². The fourth-order valence-corrected chi connectivity index (χ4v) is 3.17. The molecule has 1 heterocycles. The van der Waals surface area contributed by atoms with E-state index in [4.69, 9.17) is 19.9 Å². The van der Waals surface area contributed by atoms with Gasteiger partial charge in [-0.15, -0.1) is 24.0 Å². The number of guanidine groups is 1. The van der Waals surface area contributed by atoms with Crippen molar-refractivity contribution in [1.29, 1.82) is 0 Å². The van der Waals surface area contributed by atoms with Crippen LogP contribution in [0.25, 0.3) is 0 Å². The topological polar surface area (TPSA) is 78.1 Å². The lowest BCUT2D eigenvalue weighted by atomic mass is 9.98. The van der Waals surface area contributed by atoms with E-state index in [-0.39, 0.29) is 24.0 Å². The van der Waals surface area contributed by atoms with E-state index in [9.17, 15) is 0 Å². The molecular formula is C19H30IN3O3. The fraction of sp³-hybridized carbons (Fsp3) is 0.632. The SMILES string of the molecule is I.NC(=NCCCOC1CCCCC1)Nc1ccc2c(c1)OCCCO2. The highest BCUT2D eigenvalue weighted by Gasteiger charge is 2.13. The summed E-state index contributed by atoms with van der Waals surface area (Å²) in [4.78, 5) is 4.36. The lowest BCUT2D eigenvalue weighted by Gasteiger charge is -2.21. The van der Waals surface area contributed by atoms with Crippen LogP contribution in [-0.2, 0) is 4.74 Å². The zero-order chi connectivity index (χ0) is 17.3. The number of nitrogens with two attached hydrogens (primary N) is 1. The average molecular weight is 475 g/mol. The summed E-state index contributed by atoms with van der Waals surface area (Å²) in [5.41, 5.74) is 6.81. The Bertz CT molecular complexity index is 577. The minimum absolute atomic E-state index is 0. The number of ether oxygens (including phenoxy) is 3. The molecule has 146 valence electrons. The Kier molecular flexibility index (Phi) is 9.31. The maximum Gasteiger partial charge on any atom is 0.193 e. The molecule has 26 heavy (non-hydrogen) atoms. The summed E-state index contributed by atoms with van der Waals surface area (Å²) in [7, 11) is 0. The lowest BCUT2D eigenvalue weighted by Crippen LogP contribution is -2.23. The first-order valence-electron chi connectivity index (χ1n) is 9.39. The standard InChI is InChI=1S/C19H29N3O3.HI/c20-19(21-10-4-11-23-16-6-2-1-3-7-16)22-15-8-9-17-18(14-15)25-13-5-12-24-17;/h8-9,14,16H,1-7,10-13H2,(H3,20,21,22);1H. The van der Waals surface area contributed by atoms with E-state index in [1.165, 1.54) is 32.1 Å². The number of rotatable bonds is 6. The third kappa shape index (κ3) is 6.83. The van der Waals surface area contributed by atoms with Crippen LogP contribution in [0.15, 0.2) is 23.2 Å². The number of nitrogens with zero attached hydrogens (tertiary/aromatic N) is 1. The van der Waals surface area contributed by atoms with Gasteiger partial charge < -0.3 is 25.3 Å². The van der Waals surface area contributed by atoms with Gasteiger partial charge in [-0.2, -0.15) is 0 Å². The Balaban J connectivity index is 0.00000243. The summed E-state index contributed by atoms with van der Waals surface area (Å²) in [6.07, 6.45) is 8.60. The third-order valence-electron chi connectivity index (χ3n) is 4.51. The third-order valence-corrected chi connectivity index (χ3v) is 4.51. The van der Waals surface area contributed by atoms with Crippen LogP contribution >= 0.6 is 24.0 Å². The van der Waals surface area contributed by atoms with E-state index in [1.54, 1.807) is 0 Å². The monoisotopic (exact) mass is 475 g/mol. The van der Waals surface area contributed by atoms with Crippen LogP contribution < -0.4 is 20.5 Å². The molecule has 1 aromatic rings. The molecule has 3 rings (SSSR count). The molecule has 1 aliphatic carbocycles. The predicted molar refractivity (Wildman–Crippen MR) is 115 cm³/mol. The summed E-state index contributed by atoms with van der Waals surface area (Å²) in [6.45, 7) is 2.77. The van der Waals surface area contributed by atoms with Gasteiger partial charge in [-0.25, -0.2) is 0 Å². The summed E-state index contributed by atoms with van der Waals surface area (Å²) in [5, 5.41) is 3.10. The minimum atomic E-state index is 0. The van der Waals surface area contributed by atoms with E-state index < -0.39 is 0 Å². The number of hydrogen-bond donors (Lipinski definition) is 2. The van der Waals surface area contributed by atoms with E-state index >= 15 is 0 Å². The molecule has 0 amide bonds. The molecule has 0 radical (unpaired) electrons. The van der Waals surface area contributed by atoms with Crippen LogP contribution in [0.2, 0.25) is 0 Å². The molecule has 2 aliphatic rings. The van der Waals surface area contributed by atoms with E-state index in [2.05, 4.69) is 10.3 Å². The molecule has 1 saturated carbocycles. The second-order valence-corrected chi connectivity index (χ2v) is 6.59. The molecule has 0 atom stereocenters. The van der Waals surface area contributed by atoms with Gasteiger partial charge >= 0.3 is 0 Å². The molecular weight excluding hydrogens is 445 g/mol. The first kappa shape index (κ1) is 21.1. The van der Waals surface area contributed by atoms with Crippen molar-refractivity contribution in [3.8, 4) is 11.5 Å². The normalized spacial score (nSPS) is 17.9. The number of hydrogen-bond acceptors (Lipinski definition) is 4. The maximum absolute atomic E-state index is 5.96. The highest BCUT2D eigenvalue weighted by Crippen LogP contribution is 2.32. The van der Waals surface area contributed by atoms with E-state index in [0.29, 0.717) is 31.8 Å². The quantitative estimate of drug-likeness (QED) is 0.282. The van der Waals surface area contributed by atoms with E-state index in [0.717, 1.165) is 36.6 Å². The van der Waals surface area contributed by atoms with Crippen molar-refractivity contribution >= 4 is 35.6 Å². The molecule has 0 aromatic heterocycles. The van der Waals surface area contributed by atoms with Gasteiger partial charge in [0, 0.05) is 31.3 Å². The summed E-state index contributed by atoms with van der Waals surface area (Å²) < 4.78 is 17.2. The molecule has 0 spiro atoms. The van der Waals surface area contributed by atoms with Gasteiger partial charge in [0.2, 0.25) is 0 Å². The molecule has 3 N–H and O–H groups in total. The van der Waals surface area contributed by atoms with Crippen LogP contribution in [0.3, 0.4) is 0 Å². The molecule has 0 unspecified atom stereocenters. The zero-order valence-corrected chi connectivity index (χ0v) is 17.6. The van der Waals surface area contributed by atoms with Crippen LogP contribution in [-0.4, -0.2) is 38.4 Å². The first-order valence-corrected chi connectivity index (χ1v) is 9.39. The van der Waals surface area contributed by atoms with Crippen LogP contribution in [0.4, 0.5) is 5.69 Å². The second kappa shape index (κ2) is 11.5. The van der Waals surface area contributed by atoms with Crippen molar-refractivity contribution in [3.05, 3.63) is 18.2 Å². The Morgan fingerprint density at radius 2 is 1.88 bits per heavy atom. The van der Waals surface area contributed by atoms with Crippen LogP contribution in [0.5, 0.6) is 11.5 Å². The van der Waals surface area contributed by atoms with Gasteiger partial charge in [0.15, 0.2) is 17.5 Å². The Hall–Kier alpha value is -1.22. The molecule has 0 saturated heterocycles. The van der Waals surface area contributed by atoms with Crippen molar-refractivity contribution < 1.29 is 14.2 Å². The van der Waals surface area contributed by atoms with Crippen molar-refractivity contribution in [2.45, 2.75) is 51.0 Å². The Labute approximate surface area is 172 Å². The molecule has 0 bridgehead atoms. The van der Waals surface area contributed by atoms with Crippen LogP contribution in [0, 0.1) is 0 Å². The first-order chi connectivity index (χ1) is 12.3. The number of fused-ring (bicyclic) bond motifs is 1. The molecule has 1 fully saturated rings. The van der Waals surface area contributed by atoms with Crippen molar-refractivity contribution in [2.24, 2.45) is 10.7 Å². The predicted octanol–water partition coefficient (Wildman–Crippen LogP) is 3.93. The Morgan fingerprint density at radius 3 is 2.69 bits per heavy atom. The summed E-state index contributed by atoms with van der Waals surface area (Å²) >= 11 is 0. The highest BCUT2D eigenvalue weighted by molar-refractivity contribution is 14.0. The van der Waals surface area contributed by atoms with Crippen LogP contribution in [0.1, 0.15) is 44.9 Å². The number of anilines is 1. The zero-order valence-electron chi connectivity index (χ0n) is 15.2. The van der Waals surface area contributed by atoms with Gasteiger partial charge in [0.05, 0.1) is 19.3 Å². The summed E-state index contributed by atoms with van der Waals surface area (Å²) in [5.74, 6) is 1.93. The molecule has 1 aromatic carbocycles. The Morgan fingerprint density at radius 1 is 1.12 bits per heavy atom. The summed E-state index contributed by atoms with van der Waals surface area (Å²) in [6, 6.07) is 5.71. The lowest BCUT2D eigenvalue weighted by molar-refractivity contribution is 0.0281. The molecule has 6 nitrogen and oxygen atoms in total. The molecule has 1 aliphatic heterocycles. The van der Waals surface area contributed by atoms with Crippen molar-refractivity contribution in [3.63, 3.8) is 0 Å². The van der Waals surface area contributed by atoms with Crippen molar-refractivity contribution in [1.82, 2.24) is 0 Å². The second-order valence-electron chi connectivity index (χ2n) is 6.59. The van der Waals surface area contributed by atoms with Gasteiger partial charge in [-0.1, -0.05) is 19.3 Å². The van der Waals surface area contributed by atoms with Gasteiger partial charge in [0.1, 0.15) is 0 Å². The average Bonchev–Trinajstić information content (AvgIpc) is 2.87. The number of halogens is 1. The smallest absolute Gasteiger partial charge is 0.193 e. The highest BCUT2D eigenvalue weighted by atomic mass is 127. The van der Waals surface area contributed by atoms with Gasteiger partial charge in [-0.05, 0) is 31.4 Å². The number of benzene rings is 1. The van der Waals surface area contributed by atoms with Gasteiger partial charge in [0.25, 0.3) is 0 Å².